The average Bonchev–Trinajstić information content (AvgIpc) is 2.40. The second kappa shape index (κ2) is 5.93. The molecule has 1 aliphatic rings. The summed E-state index contributed by atoms with van der Waals surface area (Å²) in [5.74, 6) is 1.06. The molecule has 1 fully saturated rings. The summed E-state index contributed by atoms with van der Waals surface area (Å²) in [7, 11) is 0. The summed E-state index contributed by atoms with van der Waals surface area (Å²) in [6, 6.07) is 2.10. The van der Waals surface area contributed by atoms with E-state index in [-0.39, 0.29) is 0 Å². The number of nitrogens with zero attached hydrogens (tertiary/aromatic N) is 4. The van der Waals surface area contributed by atoms with Gasteiger partial charge in [-0.2, -0.15) is 0 Å². The molecule has 0 bridgehead atoms. The van der Waals surface area contributed by atoms with Crippen LogP contribution in [0.15, 0.2) is 12.4 Å². The van der Waals surface area contributed by atoms with Gasteiger partial charge in [-0.05, 0) is 6.42 Å². The van der Waals surface area contributed by atoms with Gasteiger partial charge in [0.25, 0.3) is 0 Å². The van der Waals surface area contributed by atoms with Crippen molar-refractivity contribution in [1.29, 1.82) is 0 Å². The second-order valence-electron chi connectivity index (χ2n) is 4.34. The number of hydrogen-bond acceptors (Lipinski definition) is 5. The van der Waals surface area contributed by atoms with Crippen LogP contribution in [0.3, 0.4) is 0 Å². The number of aromatic nitrogens is 2. The molecule has 0 saturated carbocycles. The van der Waals surface area contributed by atoms with Crippen molar-refractivity contribution in [2.45, 2.75) is 13.3 Å². The first kappa shape index (κ1) is 12.3. The smallest absolute Gasteiger partial charge is 0.132 e. The maximum Gasteiger partial charge on any atom is 0.132 e. The summed E-state index contributed by atoms with van der Waals surface area (Å²) in [5, 5.41) is 0. The highest BCUT2D eigenvalue weighted by Gasteiger charge is 2.17. The molecule has 5 heteroatoms. The fourth-order valence-electron chi connectivity index (χ4n) is 2.14. The van der Waals surface area contributed by atoms with E-state index in [1.54, 1.807) is 6.33 Å². The Balaban J connectivity index is 1.95. The molecule has 0 unspecified atom stereocenters. The molecule has 0 radical (unpaired) electrons. The zero-order valence-electron chi connectivity index (χ0n) is 10.5. The molecule has 1 aliphatic heterocycles. The topological polar surface area (TPSA) is 58.3 Å². The third-order valence-electron chi connectivity index (χ3n) is 3.21. The quantitative estimate of drug-likeness (QED) is 0.803. The lowest BCUT2D eigenvalue weighted by Crippen LogP contribution is -2.48. The van der Waals surface area contributed by atoms with Gasteiger partial charge in [0.05, 0.1) is 0 Å². The summed E-state index contributed by atoms with van der Waals surface area (Å²) < 4.78 is 0. The lowest BCUT2D eigenvalue weighted by Gasteiger charge is -2.35. The van der Waals surface area contributed by atoms with Crippen LogP contribution in [0.4, 0.5) is 5.82 Å². The van der Waals surface area contributed by atoms with Crippen molar-refractivity contribution < 1.29 is 0 Å². The molecule has 94 valence electrons. The van der Waals surface area contributed by atoms with Gasteiger partial charge in [0, 0.05) is 51.0 Å². The zero-order valence-corrected chi connectivity index (χ0v) is 10.5. The van der Waals surface area contributed by atoms with Gasteiger partial charge in [0.1, 0.15) is 12.1 Å². The van der Waals surface area contributed by atoms with Crippen LogP contribution in [-0.4, -0.2) is 54.1 Å². The molecule has 0 aliphatic carbocycles. The van der Waals surface area contributed by atoms with Crippen molar-refractivity contribution in [2.24, 2.45) is 5.73 Å². The Kier molecular flexibility index (Phi) is 4.28. The van der Waals surface area contributed by atoms with E-state index in [2.05, 4.69) is 32.8 Å². The van der Waals surface area contributed by atoms with E-state index >= 15 is 0 Å². The normalized spacial score (nSPS) is 17.4. The molecule has 1 aromatic heterocycles. The number of nitrogens with two attached hydrogens (primary N) is 1. The lowest BCUT2D eigenvalue weighted by molar-refractivity contribution is 0.264. The highest BCUT2D eigenvalue weighted by molar-refractivity contribution is 5.39. The molecule has 17 heavy (non-hydrogen) atoms. The fourth-order valence-corrected chi connectivity index (χ4v) is 2.14. The van der Waals surface area contributed by atoms with Gasteiger partial charge in [-0.3, -0.25) is 4.90 Å². The molecule has 0 aromatic carbocycles. The van der Waals surface area contributed by atoms with Gasteiger partial charge in [0.15, 0.2) is 0 Å². The van der Waals surface area contributed by atoms with Crippen molar-refractivity contribution in [3.63, 3.8) is 0 Å². The van der Waals surface area contributed by atoms with E-state index < -0.39 is 0 Å². The Morgan fingerprint density at radius 3 is 2.65 bits per heavy atom. The molecular weight excluding hydrogens is 214 g/mol. The predicted octanol–water partition coefficient (Wildman–Crippen LogP) is 0.120. The largest absolute Gasteiger partial charge is 0.354 e. The minimum Gasteiger partial charge on any atom is -0.354 e. The summed E-state index contributed by atoms with van der Waals surface area (Å²) in [4.78, 5) is 13.3. The highest BCUT2D eigenvalue weighted by atomic mass is 15.3. The van der Waals surface area contributed by atoms with Gasteiger partial charge >= 0.3 is 0 Å². The zero-order chi connectivity index (χ0) is 12.1. The summed E-state index contributed by atoms with van der Waals surface area (Å²) >= 11 is 0. The molecule has 5 nitrogen and oxygen atoms in total. The van der Waals surface area contributed by atoms with E-state index in [9.17, 15) is 0 Å². The fraction of sp³-hybridized carbons (Fsp3) is 0.667. The predicted molar refractivity (Wildman–Crippen MR) is 69.1 cm³/mol. The molecule has 1 saturated heterocycles. The van der Waals surface area contributed by atoms with Crippen LogP contribution in [0.2, 0.25) is 0 Å². The molecule has 2 N–H and O–H groups in total. The van der Waals surface area contributed by atoms with Gasteiger partial charge in [-0.15, -0.1) is 0 Å². The first-order valence-corrected chi connectivity index (χ1v) is 6.31. The van der Waals surface area contributed by atoms with Crippen LogP contribution < -0.4 is 10.6 Å². The van der Waals surface area contributed by atoms with Crippen molar-refractivity contribution in [3.05, 3.63) is 18.1 Å². The Bertz CT molecular complexity index is 347. The van der Waals surface area contributed by atoms with Gasteiger partial charge < -0.3 is 10.6 Å². The molecule has 0 atom stereocenters. The Morgan fingerprint density at radius 2 is 2.00 bits per heavy atom. The van der Waals surface area contributed by atoms with Crippen molar-refractivity contribution >= 4 is 5.82 Å². The van der Waals surface area contributed by atoms with Crippen LogP contribution in [0, 0.1) is 0 Å². The first-order chi connectivity index (χ1) is 8.33. The number of anilines is 1. The van der Waals surface area contributed by atoms with E-state index in [1.807, 2.05) is 0 Å². The van der Waals surface area contributed by atoms with Crippen molar-refractivity contribution in [1.82, 2.24) is 14.9 Å². The molecule has 2 rings (SSSR count). The van der Waals surface area contributed by atoms with Gasteiger partial charge in [0.2, 0.25) is 0 Å². The monoisotopic (exact) mass is 235 g/mol. The minimum atomic E-state index is 0.744. The van der Waals surface area contributed by atoms with Crippen molar-refractivity contribution in [3.8, 4) is 0 Å². The van der Waals surface area contributed by atoms with Gasteiger partial charge in [-0.25, -0.2) is 9.97 Å². The maximum atomic E-state index is 5.57. The van der Waals surface area contributed by atoms with E-state index in [4.69, 9.17) is 5.73 Å². The Morgan fingerprint density at radius 1 is 1.24 bits per heavy atom. The van der Waals surface area contributed by atoms with Crippen LogP contribution in [0.25, 0.3) is 0 Å². The van der Waals surface area contributed by atoms with Crippen LogP contribution in [0.5, 0.6) is 0 Å². The van der Waals surface area contributed by atoms with Crippen molar-refractivity contribution in [2.75, 3.05) is 44.2 Å². The van der Waals surface area contributed by atoms with Crippen LogP contribution >= 0.6 is 0 Å². The lowest BCUT2D eigenvalue weighted by atomic mass is 10.2. The van der Waals surface area contributed by atoms with Crippen LogP contribution in [-0.2, 0) is 6.42 Å². The SMILES string of the molecule is CCc1cc(N2CCN(CCN)CC2)ncn1. The summed E-state index contributed by atoms with van der Waals surface area (Å²) in [6.45, 7) is 8.06. The maximum absolute atomic E-state index is 5.57. The third-order valence-corrected chi connectivity index (χ3v) is 3.21. The number of hydrogen-bond donors (Lipinski definition) is 1. The van der Waals surface area contributed by atoms with E-state index in [0.29, 0.717) is 0 Å². The van der Waals surface area contributed by atoms with Crippen LogP contribution in [0.1, 0.15) is 12.6 Å². The number of rotatable bonds is 4. The highest BCUT2D eigenvalue weighted by Crippen LogP contribution is 2.13. The Labute approximate surface area is 103 Å². The molecule has 0 spiro atoms. The minimum absolute atomic E-state index is 0.744. The van der Waals surface area contributed by atoms with Gasteiger partial charge in [-0.1, -0.05) is 6.92 Å². The summed E-state index contributed by atoms with van der Waals surface area (Å²) in [6.07, 6.45) is 2.63. The molecule has 0 amide bonds. The third kappa shape index (κ3) is 3.14. The van der Waals surface area contributed by atoms with E-state index in [1.165, 1.54) is 0 Å². The molecular formula is C12H21N5. The average molecular weight is 235 g/mol. The summed E-state index contributed by atoms with van der Waals surface area (Å²) in [5.41, 5.74) is 6.68. The molecule has 1 aromatic rings. The molecule has 2 heterocycles. The number of piperazine rings is 1. The van der Waals surface area contributed by atoms with E-state index in [0.717, 1.165) is 57.2 Å². The number of aryl methyl sites for hydroxylation is 1. The standard InChI is InChI=1S/C12H21N5/c1-2-11-9-12(15-10-14-11)17-7-5-16(4-3-13)6-8-17/h9-10H,2-8,13H2,1H3. The Hall–Kier alpha value is -1.20. The first-order valence-electron chi connectivity index (χ1n) is 6.31. The second-order valence-corrected chi connectivity index (χ2v) is 4.34.